The van der Waals surface area contributed by atoms with E-state index in [1.807, 2.05) is 24.3 Å². The van der Waals surface area contributed by atoms with Gasteiger partial charge in [0.2, 0.25) is 0 Å². The Kier molecular flexibility index (Phi) is 7.15. The van der Waals surface area contributed by atoms with E-state index in [9.17, 15) is 9.18 Å². The Morgan fingerprint density at radius 1 is 1.06 bits per heavy atom. The Morgan fingerprint density at radius 2 is 1.87 bits per heavy atom. The molecule has 0 bridgehead atoms. The number of amides is 1. The van der Waals surface area contributed by atoms with Crippen LogP contribution in [0.4, 0.5) is 10.1 Å². The monoisotopic (exact) mass is 454 g/mol. The fraction of sp³-hybridized carbons (Fsp3) is 0.240. The van der Waals surface area contributed by atoms with Crippen molar-refractivity contribution in [3.8, 4) is 0 Å². The zero-order valence-corrected chi connectivity index (χ0v) is 18.7. The first kappa shape index (κ1) is 21.7. The number of hydrogen-bond acceptors (Lipinski definition) is 3. The minimum absolute atomic E-state index is 0.0948. The quantitative estimate of drug-likeness (QED) is 0.443. The van der Waals surface area contributed by atoms with Crippen LogP contribution in [0.3, 0.4) is 0 Å². The molecule has 0 saturated carbocycles. The summed E-state index contributed by atoms with van der Waals surface area (Å²) in [5.74, 6) is 0.780. The average Bonchev–Trinajstić information content (AvgIpc) is 3.18. The smallest absolute Gasteiger partial charge is 0.251 e. The van der Waals surface area contributed by atoms with Crippen molar-refractivity contribution in [2.45, 2.75) is 18.7 Å². The molecule has 3 aromatic rings. The average molecular weight is 455 g/mol. The molecule has 31 heavy (non-hydrogen) atoms. The molecule has 1 N–H and O–H groups in total. The molecule has 1 amide bonds. The lowest BCUT2D eigenvalue weighted by atomic mass is 10.1. The predicted molar refractivity (Wildman–Crippen MR) is 128 cm³/mol. The molecule has 3 nitrogen and oxygen atoms in total. The van der Waals surface area contributed by atoms with Crippen molar-refractivity contribution in [3.63, 3.8) is 0 Å². The fourth-order valence-corrected chi connectivity index (χ4v) is 4.93. The third-order valence-corrected chi connectivity index (χ3v) is 6.75. The van der Waals surface area contributed by atoms with E-state index in [0.29, 0.717) is 34.2 Å². The van der Waals surface area contributed by atoms with E-state index in [-0.39, 0.29) is 11.7 Å². The van der Waals surface area contributed by atoms with Crippen LogP contribution in [0.25, 0.3) is 0 Å². The Morgan fingerprint density at radius 3 is 2.68 bits per heavy atom. The maximum absolute atomic E-state index is 13.8. The number of anilines is 1. The number of hydrogen-bond donors (Lipinski definition) is 1. The lowest BCUT2D eigenvalue weighted by Crippen LogP contribution is -2.26. The highest BCUT2D eigenvalue weighted by Crippen LogP contribution is 2.29. The molecule has 0 spiro atoms. The van der Waals surface area contributed by atoms with Crippen LogP contribution in [0.5, 0.6) is 0 Å². The summed E-state index contributed by atoms with van der Waals surface area (Å²) in [4.78, 5) is 14.8. The van der Waals surface area contributed by atoms with E-state index in [2.05, 4.69) is 34.5 Å². The van der Waals surface area contributed by atoms with Crippen LogP contribution in [0, 0.1) is 5.82 Å². The largest absolute Gasteiger partial charge is 0.367 e. The highest BCUT2D eigenvalue weighted by molar-refractivity contribution is 7.98. The Hall–Kier alpha value is -2.50. The number of carbonyl (C=O) groups excluding carboxylic acids is 1. The molecule has 1 heterocycles. The lowest BCUT2D eigenvalue weighted by Gasteiger charge is -2.19. The second kappa shape index (κ2) is 10.2. The molecule has 0 fully saturated rings. The normalized spacial score (nSPS) is 12.6. The number of halogens is 2. The number of nitrogens with one attached hydrogen (secondary N) is 1. The summed E-state index contributed by atoms with van der Waals surface area (Å²) in [6.07, 6.45) is 1.08. The molecule has 0 saturated heterocycles. The third kappa shape index (κ3) is 5.41. The number of rotatable bonds is 8. The van der Waals surface area contributed by atoms with E-state index < -0.39 is 0 Å². The molecular weight excluding hydrogens is 431 g/mol. The first-order chi connectivity index (χ1) is 15.1. The van der Waals surface area contributed by atoms with Crippen LogP contribution in [0.2, 0.25) is 5.02 Å². The van der Waals surface area contributed by atoms with Crippen molar-refractivity contribution in [2.24, 2.45) is 0 Å². The number of benzene rings is 3. The summed E-state index contributed by atoms with van der Waals surface area (Å²) in [5.41, 5.74) is 5.04. The molecular formula is C25H24ClFN2OS. The van der Waals surface area contributed by atoms with Gasteiger partial charge in [-0.3, -0.25) is 4.79 Å². The maximum atomic E-state index is 13.8. The summed E-state index contributed by atoms with van der Waals surface area (Å²) in [7, 11) is 0. The second-order valence-electron chi connectivity index (χ2n) is 7.51. The second-order valence-corrected chi connectivity index (χ2v) is 9.02. The van der Waals surface area contributed by atoms with Gasteiger partial charge < -0.3 is 10.2 Å². The summed E-state index contributed by atoms with van der Waals surface area (Å²) in [5, 5.41) is 3.36. The minimum atomic E-state index is -0.290. The van der Waals surface area contributed by atoms with E-state index in [1.54, 1.807) is 23.9 Å². The van der Waals surface area contributed by atoms with Crippen LogP contribution in [-0.2, 0) is 18.7 Å². The van der Waals surface area contributed by atoms with Gasteiger partial charge in [0, 0.05) is 53.0 Å². The van der Waals surface area contributed by atoms with E-state index in [0.717, 1.165) is 19.5 Å². The van der Waals surface area contributed by atoms with Crippen molar-refractivity contribution >= 4 is 35.0 Å². The zero-order chi connectivity index (χ0) is 21.6. The van der Waals surface area contributed by atoms with Crippen molar-refractivity contribution in [2.75, 3.05) is 23.7 Å². The molecule has 0 aliphatic carbocycles. The van der Waals surface area contributed by atoms with Crippen molar-refractivity contribution in [3.05, 3.63) is 99.8 Å². The summed E-state index contributed by atoms with van der Waals surface area (Å²) < 4.78 is 13.8. The van der Waals surface area contributed by atoms with Crippen molar-refractivity contribution < 1.29 is 9.18 Å². The molecule has 6 heteroatoms. The van der Waals surface area contributed by atoms with Crippen LogP contribution in [0.15, 0.2) is 66.7 Å². The van der Waals surface area contributed by atoms with Gasteiger partial charge in [0.1, 0.15) is 5.82 Å². The van der Waals surface area contributed by atoms with Gasteiger partial charge in [-0.1, -0.05) is 48.0 Å². The van der Waals surface area contributed by atoms with Gasteiger partial charge in [-0.2, -0.15) is 11.8 Å². The van der Waals surface area contributed by atoms with Crippen LogP contribution < -0.4 is 10.2 Å². The minimum Gasteiger partial charge on any atom is -0.367 e. The van der Waals surface area contributed by atoms with Gasteiger partial charge in [0.15, 0.2) is 0 Å². The molecule has 0 aromatic heterocycles. The number of carbonyl (C=O) groups is 1. The highest BCUT2D eigenvalue weighted by Gasteiger charge is 2.18. The van der Waals surface area contributed by atoms with E-state index in [4.69, 9.17) is 11.6 Å². The van der Waals surface area contributed by atoms with Gasteiger partial charge in [-0.25, -0.2) is 4.39 Å². The Labute approximate surface area is 191 Å². The molecule has 160 valence electrons. The Bertz CT molecular complexity index is 1040. The number of thioether (sulfide) groups is 1. The number of para-hydroxylation sites is 1. The summed E-state index contributed by atoms with van der Waals surface area (Å²) >= 11 is 7.58. The zero-order valence-electron chi connectivity index (χ0n) is 17.1. The first-order valence-corrected chi connectivity index (χ1v) is 11.9. The van der Waals surface area contributed by atoms with Crippen molar-refractivity contribution in [1.29, 1.82) is 0 Å². The lowest BCUT2D eigenvalue weighted by molar-refractivity contribution is 0.0956. The van der Waals surface area contributed by atoms with E-state index >= 15 is 0 Å². The van der Waals surface area contributed by atoms with Gasteiger partial charge >= 0.3 is 0 Å². The van der Waals surface area contributed by atoms with Crippen LogP contribution in [0.1, 0.15) is 27.0 Å². The molecule has 1 aliphatic rings. The topological polar surface area (TPSA) is 32.3 Å². The number of nitrogens with zero attached hydrogens (tertiary/aromatic N) is 1. The van der Waals surface area contributed by atoms with Crippen LogP contribution in [-0.4, -0.2) is 24.7 Å². The van der Waals surface area contributed by atoms with Crippen molar-refractivity contribution in [1.82, 2.24) is 5.32 Å². The number of fused-ring (bicyclic) bond motifs is 1. The Balaban J connectivity index is 1.22. The molecule has 4 rings (SSSR count). The van der Waals surface area contributed by atoms with Gasteiger partial charge in [-0.05, 0) is 47.9 Å². The third-order valence-electron chi connectivity index (χ3n) is 5.41. The van der Waals surface area contributed by atoms with Gasteiger partial charge in [-0.15, -0.1) is 0 Å². The predicted octanol–water partition coefficient (Wildman–Crippen LogP) is 5.71. The standard InChI is InChI=1S/C25H24ClFN2OS/c26-22-5-3-6-23(27)21(22)17-31-15-13-28-25(30)20-10-8-18(9-11-20)16-29-14-12-19-4-1-2-7-24(19)29/h1-11H,12-17H2,(H,28,30). The molecule has 0 atom stereocenters. The SMILES string of the molecule is O=C(NCCSCc1c(F)cccc1Cl)c1ccc(CN2CCc3ccccc32)cc1. The van der Waals surface area contributed by atoms with Gasteiger partial charge in [0.25, 0.3) is 5.91 Å². The first-order valence-electron chi connectivity index (χ1n) is 10.3. The molecule has 1 aliphatic heterocycles. The molecule has 0 radical (unpaired) electrons. The highest BCUT2D eigenvalue weighted by atomic mass is 35.5. The maximum Gasteiger partial charge on any atom is 0.251 e. The van der Waals surface area contributed by atoms with Crippen LogP contribution >= 0.6 is 23.4 Å². The molecule has 3 aromatic carbocycles. The van der Waals surface area contributed by atoms with Gasteiger partial charge in [0.05, 0.1) is 0 Å². The molecule has 0 unspecified atom stereocenters. The fourth-order valence-electron chi connectivity index (χ4n) is 3.74. The summed E-state index contributed by atoms with van der Waals surface area (Å²) in [6, 6.07) is 21.0. The summed E-state index contributed by atoms with van der Waals surface area (Å²) in [6.45, 7) is 2.38. The van der Waals surface area contributed by atoms with E-state index in [1.165, 1.54) is 22.9 Å².